The Morgan fingerprint density at radius 2 is 2.00 bits per heavy atom. The van der Waals surface area contributed by atoms with Crippen LogP contribution in [0.2, 0.25) is 0 Å². The summed E-state index contributed by atoms with van der Waals surface area (Å²) < 4.78 is 20.2. The van der Waals surface area contributed by atoms with Gasteiger partial charge in [-0.3, -0.25) is 0 Å². The molecule has 0 amide bonds. The molecule has 102 valence electrons. The van der Waals surface area contributed by atoms with Crippen molar-refractivity contribution in [3.63, 3.8) is 0 Å². The summed E-state index contributed by atoms with van der Waals surface area (Å²) in [6, 6.07) is 4.68. The van der Waals surface area contributed by atoms with Crippen molar-refractivity contribution in [3.05, 3.63) is 34.1 Å². The van der Waals surface area contributed by atoms with Gasteiger partial charge in [-0.2, -0.15) is 0 Å². The normalized spacial score (nSPS) is 15.5. The summed E-state index contributed by atoms with van der Waals surface area (Å²) in [5, 5.41) is 0. The predicted octanol–water partition coefficient (Wildman–Crippen LogP) is 4.04. The van der Waals surface area contributed by atoms with E-state index in [1.165, 1.54) is 0 Å². The minimum absolute atomic E-state index is 0.149. The Morgan fingerprint density at radius 3 is 2.50 bits per heavy atom. The first-order valence-electron chi connectivity index (χ1n) is 6.10. The van der Waals surface area contributed by atoms with Crippen LogP contribution in [0.15, 0.2) is 22.7 Å². The number of ether oxygens (including phenoxy) is 1. The first-order valence-corrected chi connectivity index (χ1v) is 6.89. The number of hydrogen-bond donors (Lipinski definition) is 1. The van der Waals surface area contributed by atoms with E-state index in [-0.39, 0.29) is 17.3 Å². The van der Waals surface area contributed by atoms with Crippen LogP contribution in [0.5, 0.6) is 0 Å². The van der Waals surface area contributed by atoms with Crippen molar-refractivity contribution in [1.29, 1.82) is 0 Å². The molecule has 0 spiro atoms. The summed E-state index contributed by atoms with van der Waals surface area (Å²) in [5.74, 6) is -0.307. The highest BCUT2D eigenvalue weighted by molar-refractivity contribution is 9.10. The van der Waals surface area contributed by atoms with E-state index in [0.29, 0.717) is 16.6 Å². The summed E-state index contributed by atoms with van der Waals surface area (Å²) >= 11 is 3.18. The topological polar surface area (TPSA) is 35.2 Å². The first-order chi connectivity index (χ1) is 8.29. The van der Waals surface area contributed by atoms with Crippen LogP contribution in [0.1, 0.15) is 39.3 Å². The molecule has 2 N–H and O–H groups in total. The van der Waals surface area contributed by atoms with Gasteiger partial charge in [0, 0.05) is 12.2 Å². The highest BCUT2D eigenvalue weighted by Crippen LogP contribution is 2.33. The van der Waals surface area contributed by atoms with Crippen LogP contribution >= 0.6 is 15.9 Å². The van der Waals surface area contributed by atoms with Crippen molar-refractivity contribution < 1.29 is 9.13 Å². The fraction of sp³-hybridized carbons (Fsp3) is 0.571. The zero-order chi connectivity index (χ0) is 13.9. The highest BCUT2D eigenvalue weighted by Gasteiger charge is 2.33. The second-order valence-electron chi connectivity index (χ2n) is 5.41. The van der Waals surface area contributed by atoms with Gasteiger partial charge < -0.3 is 10.5 Å². The molecule has 0 aliphatic carbocycles. The number of benzene rings is 1. The van der Waals surface area contributed by atoms with E-state index in [9.17, 15) is 4.39 Å². The summed E-state index contributed by atoms with van der Waals surface area (Å²) in [6.45, 7) is 8.61. The number of nitrogens with two attached hydrogens (primary N) is 1. The largest absolute Gasteiger partial charge is 0.376 e. The van der Waals surface area contributed by atoms with Gasteiger partial charge >= 0.3 is 0 Å². The smallest absolute Gasteiger partial charge is 0.142 e. The van der Waals surface area contributed by atoms with Crippen molar-refractivity contribution in [2.75, 3.05) is 6.61 Å². The minimum Gasteiger partial charge on any atom is -0.376 e. The quantitative estimate of drug-likeness (QED) is 0.909. The zero-order valence-electron chi connectivity index (χ0n) is 11.3. The molecule has 0 saturated heterocycles. The van der Waals surface area contributed by atoms with Gasteiger partial charge in [0.25, 0.3) is 0 Å². The van der Waals surface area contributed by atoms with Crippen molar-refractivity contribution >= 4 is 15.9 Å². The number of halogens is 2. The van der Waals surface area contributed by atoms with Gasteiger partial charge in [-0.1, -0.05) is 32.9 Å². The number of rotatable bonds is 4. The molecule has 0 radical (unpaired) electrons. The third-order valence-corrected chi connectivity index (χ3v) is 3.48. The summed E-state index contributed by atoms with van der Waals surface area (Å²) in [7, 11) is 0. The standard InChI is InChI=1S/C14H21BrFNO/c1-5-18-13(14(2,3)4)12(17)9-7-6-8-10(15)11(9)16/h6-8,12-13H,5,17H2,1-4H3. The Kier molecular flexibility index (Phi) is 5.32. The minimum atomic E-state index is -0.484. The zero-order valence-corrected chi connectivity index (χ0v) is 12.9. The van der Waals surface area contributed by atoms with Crippen LogP contribution in [-0.4, -0.2) is 12.7 Å². The molecule has 0 aliphatic heterocycles. The molecule has 18 heavy (non-hydrogen) atoms. The maximum atomic E-state index is 14.1. The van der Waals surface area contributed by atoms with Crippen molar-refractivity contribution in [3.8, 4) is 0 Å². The molecule has 0 saturated carbocycles. The lowest BCUT2D eigenvalue weighted by molar-refractivity contribution is -0.0289. The summed E-state index contributed by atoms with van der Waals surface area (Å²) in [6.07, 6.45) is -0.230. The lowest BCUT2D eigenvalue weighted by atomic mass is 9.82. The van der Waals surface area contributed by atoms with Crippen LogP contribution < -0.4 is 5.73 Å². The van der Waals surface area contributed by atoms with Crippen LogP contribution in [0.4, 0.5) is 4.39 Å². The Bertz CT molecular complexity index is 403. The summed E-state index contributed by atoms with van der Waals surface area (Å²) in [5.41, 5.74) is 6.53. The van der Waals surface area contributed by atoms with Crippen LogP contribution in [0.25, 0.3) is 0 Å². The average Bonchev–Trinajstić information content (AvgIpc) is 2.27. The molecule has 2 nitrogen and oxygen atoms in total. The second kappa shape index (κ2) is 6.13. The molecule has 1 aromatic rings. The molecular weight excluding hydrogens is 297 g/mol. The van der Waals surface area contributed by atoms with Crippen molar-refractivity contribution in [2.24, 2.45) is 11.1 Å². The van der Waals surface area contributed by atoms with Gasteiger partial charge in [-0.05, 0) is 34.3 Å². The van der Waals surface area contributed by atoms with E-state index >= 15 is 0 Å². The van der Waals surface area contributed by atoms with E-state index < -0.39 is 6.04 Å². The fourth-order valence-electron chi connectivity index (χ4n) is 2.01. The fourth-order valence-corrected chi connectivity index (χ4v) is 2.39. The maximum Gasteiger partial charge on any atom is 0.142 e. The Labute approximate surface area is 117 Å². The molecule has 0 bridgehead atoms. The van der Waals surface area contributed by atoms with Crippen LogP contribution in [-0.2, 0) is 4.74 Å². The Hall–Kier alpha value is -0.450. The SMILES string of the molecule is CCOC(C(N)c1cccc(Br)c1F)C(C)(C)C. The molecule has 2 unspecified atom stereocenters. The molecule has 0 fully saturated rings. The second-order valence-corrected chi connectivity index (χ2v) is 6.27. The number of hydrogen-bond acceptors (Lipinski definition) is 2. The Balaban J connectivity index is 3.10. The van der Waals surface area contributed by atoms with Crippen molar-refractivity contribution in [1.82, 2.24) is 0 Å². The van der Waals surface area contributed by atoms with Crippen LogP contribution in [0, 0.1) is 11.2 Å². The molecule has 0 aliphatic rings. The van der Waals surface area contributed by atoms with E-state index in [0.717, 1.165) is 0 Å². The highest BCUT2D eigenvalue weighted by atomic mass is 79.9. The van der Waals surface area contributed by atoms with Crippen LogP contribution in [0.3, 0.4) is 0 Å². The molecular formula is C14H21BrFNO. The van der Waals surface area contributed by atoms with Gasteiger partial charge in [0.2, 0.25) is 0 Å². The van der Waals surface area contributed by atoms with E-state index in [2.05, 4.69) is 15.9 Å². The van der Waals surface area contributed by atoms with Gasteiger partial charge in [0.15, 0.2) is 0 Å². The van der Waals surface area contributed by atoms with Gasteiger partial charge in [-0.15, -0.1) is 0 Å². The molecule has 0 heterocycles. The van der Waals surface area contributed by atoms with Crippen molar-refractivity contribution in [2.45, 2.75) is 39.8 Å². The monoisotopic (exact) mass is 317 g/mol. The van der Waals surface area contributed by atoms with Gasteiger partial charge in [0.05, 0.1) is 16.6 Å². The first kappa shape index (κ1) is 15.6. The lowest BCUT2D eigenvalue weighted by Gasteiger charge is -2.35. The third-order valence-electron chi connectivity index (χ3n) is 2.87. The van der Waals surface area contributed by atoms with E-state index in [1.54, 1.807) is 18.2 Å². The molecule has 1 aromatic carbocycles. The lowest BCUT2D eigenvalue weighted by Crippen LogP contribution is -2.39. The molecule has 0 aromatic heterocycles. The molecule has 1 rings (SSSR count). The predicted molar refractivity (Wildman–Crippen MR) is 75.9 cm³/mol. The average molecular weight is 318 g/mol. The Morgan fingerprint density at radius 1 is 1.39 bits per heavy atom. The summed E-state index contributed by atoms with van der Waals surface area (Å²) in [4.78, 5) is 0. The van der Waals surface area contributed by atoms with Gasteiger partial charge in [0.1, 0.15) is 5.82 Å². The van der Waals surface area contributed by atoms with E-state index in [4.69, 9.17) is 10.5 Å². The third kappa shape index (κ3) is 3.53. The van der Waals surface area contributed by atoms with E-state index in [1.807, 2.05) is 27.7 Å². The van der Waals surface area contributed by atoms with Gasteiger partial charge in [-0.25, -0.2) is 4.39 Å². The maximum absolute atomic E-state index is 14.1. The molecule has 4 heteroatoms. The molecule has 2 atom stereocenters.